The number of benzene rings is 1. The number of hydrogen-bond donors (Lipinski definition) is 0. The molecule has 0 spiro atoms. The number of aromatic nitrogens is 2. The van der Waals surface area contributed by atoms with Crippen molar-refractivity contribution in [2.24, 2.45) is 7.05 Å². The highest BCUT2D eigenvalue weighted by atomic mass is 32.1. The Morgan fingerprint density at radius 1 is 1.08 bits per heavy atom. The zero-order valence-electron chi connectivity index (χ0n) is 15.3. The Balaban J connectivity index is 1.19. The van der Waals surface area contributed by atoms with Gasteiger partial charge in [-0.2, -0.15) is 5.10 Å². The van der Waals surface area contributed by atoms with Gasteiger partial charge in [-0.15, -0.1) is 11.3 Å². The van der Waals surface area contributed by atoms with Gasteiger partial charge in [0.2, 0.25) is 5.88 Å². The molecule has 5 nitrogen and oxygen atoms in total. The van der Waals surface area contributed by atoms with Crippen LogP contribution in [0.5, 0.6) is 5.88 Å². The smallest absolute Gasteiger partial charge is 0.211 e. The lowest BCUT2D eigenvalue weighted by Gasteiger charge is -2.36. The summed E-state index contributed by atoms with van der Waals surface area (Å²) in [5.74, 6) is 0.848. The normalized spacial score (nSPS) is 15.7. The van der Waals surface area contributed by atoms with Gasteiger partial charge in [-0.1, -0.05) is 6.07 Å². The Kier molecular flexibility index (Phi) is 5.41. The fourth-order valence-electron chi connectivity index (χ4n) is 3.58. The van der Waals surface area contributed by atoms with Gasteiger partial charge in [-0.3, -0.25) is 4.90 Å². The van der Waals surface area contributed by atoms with E-state index in [0.717, 1.165) is 51.6 Å². The van der Waals surface area contributed by atoms with Crippen molar-refractivity contribution in [3.8, 4) is 5.88 Å². The average Bonchev–Trinajstić information content (AvgIpc) is 3.31. The van der Waals surface area contributed by atoms with Crippen molar-refractivity contribution in [2.45, 2.75) is 12.8 Å². The fourth-order valence-corrected chi connectivity index (χ4v) is 4.39. The van der Waals surface area contributed by atoms with Gasteiger partial charge in [0.25, 0.3) is 0 Å². The van der Waals surface area contributed by atoms with Gasteiger partial charge in [0.15, 0.2) is 0 Å². The molecule has 3 heterocycles. The van der Waals surface area contributed by atoms with Crippen LogP contribution in [0.4, 0.5) is 5.69 Å². The van der Waals surface area contributed by atoms with Crippen LogP contribution < -0.4 is 9.64 Å². The van der Waals surface area contributed by atoms with Gasteiger partial charge in [0, 0.05) is 55.1 Å². The zero-order chi connectivity index (χ0) is 17.8. The first-order chi connectivity index (χ1) is 12.8. The molecule has 0 unspecified atom stereocenters. The SMILES string of the molecule is Cn1nccc1OCCCCN1CCN(c2cccc3sccc23)CC1. The molecule has 138 valence electrons. The van der Waals surface area contributed by atoms with Crippen LogP contribution in [0.1, 0.15) is 12.8 Å². The van der Waals surface area contributed by atoms with Crippen LogP contribution in [0.3, 0.4) is 0 Å². The summed E-state index contributed by atoms with van der Waals surface area (Å²) in [5, 5.41) is 7.71. The minimum absolute atomic E-state index is 0.764. The largest absolute Gasteiger partial charge is 0.478 e. The fraction of sp³-hybridized carbons (Fsp3) is 0.450. The predicted molar refractivity (Wildman–Crippen MR) is 108 cm³/mol. The van der Waals surface area contributed by atoms with Gasteiger partial charge < -0.3 is 9.64 Å². The van der Waals surface area contributed by atoms with E-state index < -0.39 is 0 Å². The van der Waals surface area contributed by atoms with Crippen LogP contribution in [0.25, 0.3) is 10.1 Å². The van der Waals surface area contributed by atoms with Gasteiger partial charge >= 0.3 is 0 Å². The minimum atomic E-state index is 0.764. The van der Waals surface area contributed by atoms with Gasteiger partial charge in [0.1, 0.15) is 0 Å². The maximum Gasteiger partial charge on any atom is 0.211 e. The zero-order valence-corrected chi connectivity index (χ0v) is 16.1. The molecule has 1 aliphatic rings. The summed E-state index contributed by atoms with van der Waals surface area (Å²) in [6.45, 7) is 6.43. The molecule has 3 aromatic rings. The molecule has 2 aromatic heterocycles. The lowest BCUT2D eigenvalue weighted by atomic mass is 10.2. The Hall–Kier alpha value is -2.05. The summed E-state index contributed by atoms with van der Waals surface area (Å²) in [6.07, 6.45) is 4.03. The molecule has 1 fully saturated rings. The monoisotopic (exact) mass is 370 g/mol. The standard InChI is InChI=1S/C20H26N4OS/c1-22-20(7-9-21-22)25-15-3-2-10-23-11-13-24(14-12-23)18-5-4-6-19-17(18)8-16-26-19/h4-9,16H,2-3,10-15H2,1H3. The van der Waals surface area contributed by atoms with E-state index in [1.54, 1.807) is 10.9 Å². The van der Waals surface area contributed by atoms with Crippen molar-refractivity contribution < 1.29 is 4.74 Å². The van der Waals surface area contributed by atoms with Crippen molar-refractivity contribution in [3.05, 3.63) is 41.9 Å². The summed E-state index contributed by atoms with van der Waals surface area (Å²) >= 11 is 1.83. The topological polar surface area (TPSA) is 33.5 Å². The molecule has 26 heavy (non-hydrogen) atoms. The van der Waals surface area contributed by atoms with Crippen molar-refractivity contribution in [1.82, 2.24) is 14.7 Å². The molecule has 1 aromatic carbocycles. The predicted octanol–water partition coefficient (Wildman–Crippen LogP) is 3.62. The molecule has 6 heteroatoms. The molecule has 0 aliphatic carbocycles. The highest BCUT2D eigenvalue weighted by Gasteiger charge is 2.18. The highest BCUT2D eigenvalue weighted by Crippen LogP contribution is 2.31. The second kappa shape index (κ2) is 8.10. The number of nitrogens with zero attached hydrogens (tertiary/aromatic N) is 4. The second-order valence-electron chi connectivity index (χ2n) is 6.79. The van der Waals surface area contributed by atoms with Crippen LogP contribution in [0.2, 0.25) is 0 Å². The van der Waals surface area contributed by atoms with E-state index in [2.05, 4.69) is 44.5 Å². The van der Waals surface area contributed by atoms with Gasteiger partial charge in [-0.05, 0) is 43.0 Å². The first-order valence-electron chi connectivity index (χ1n) is 9.35. The number of ether oxygens (including phenoxy) is 1. The highest BCUT2D eigenvalue weighted by molar-refractivity contribution is 7.17. The first kappa shape index (κ1) is 17.4. The van der Waals surface area contributed by atoms with Crippen LogP contribution >= 0.6 is 11.3 Å². The molecular weight excluding hydrogens is 344 g/mol. The Morgan fingerprint density at radius 3 is 2.77 bits per heavy atom. The van der Waals surface area contributed by atoms with Gasteiger partial charge in [0.05, 0.1) is 12.8 Å². The molecule has 1 aliphatic heterocycles. The third-order valence-electron chi connectivity index (χ3n) is 5.08. The Bertz CT molecular complexity index is 835. The number of fused-ring (bicyclic) bond motifs is 1. The number of hydrogen-bond acceptors (Lipinski definition) is 5. The quantitative estimate of drug-likeness (QED) is 0.595. The average molecular weight is 371 g/mol. The maximum atomic E-state index is 5.75. The molecule has 0 bridgehead atoms. The summed E-state index contributed by atoms with van der Waals surface area (Å²) < 4.78 is 8.91. The van der Waals surface area contributed by atoms with Crippen molar-refractivity contribution in [2.75, 3.05) is 44.2 Å². The molecule has 0 N–H and O–H groups in total. The number of piperazine rings is 1. The molecule has 0 atom stereocenters. The van der Waals surface area contributed by atoms with E-state index in [1.165, 1.54) is 22.2 Å². The minimum Gasteiger partial charge on any atom is -0.478 e. The number of thiophene rings is 1. The molecular formula is C20H26N4OS. The van der Waals surface area contributed by atoms with E-state index in [1.807, 2.05) is 24.5 Å². The first-order valence-corrected chi connectivity index (χ1v) is 10.2. The van der Waals surface area contributed by atoms with E-state index in [9.17, 15) is 0 Å². The van der Waals surface area contributed by atoms with E-state index in [0.29, 0.717) is 0 Å². The van der Waals surface area contributed by atoms with Gasteiger partial charge in [-0.25, -0.2) is 4.68 Å². The maximum absolute atomic E-state index is 5.75. The van der Waals surface area contributed by atoms with Crippen molar-refractivity contribution in [1.29, 1.82) is 0 Å². The van der Waals surface area contributed by atoms with Crippen LogP contribution in [-0.4, -0.2) is 54.0 Å². The molecule has 0 amide bonds. The number of unbranched alkanes of at least 4 members (excludes halogenated alkanes) is 1. The molecule has 1 saturated heterocycles. The summed E-state index contributed by atoms with van der Waals surface area (Å²) in [4.78, 5) is 5.12. The number of rotatable bonds is 7. The Morgan fingerprint density at radius 2 is 1.96 bits per heavy atom. The van der Waals surface area contributed by atoms with Crippen molar-refractivity contribution in [3.63, 3.8) is 0 Å². The lowest BCUT2D eigenvalue weighted by molar-refractivity contribution is 0.233. The lowest BCUT2D eigenvalue weighted by Crippen LogP contribution is -2.46. The van der Waals surface area contributed by atoms with Crippen LogP contribution in [0, 0.1) is 0 Å². The van der Waals surface area contributed by atoms with Crippen LogP contribution in [0.15, 0.2) is 41.9 Å². The Labute approximate surface area is 158 Å². The summed E-state index contributed by atoms with van der Waals surface area (Å²) in [6, 6.07) is 10.8. The third kappa shape index (κ3) is 3.86. The molecule has 4 rings (SSSR count). The van der Waals surface area contributed by atoms with E-state index in [-0.39, 0.29) is 0 Å². The van der Waals surface area contributed by atoms with Crippen LogP contribution in [-0.2, 0) is 7.05 Å². The van der Waals surface area contributed by atoms with Crippen molar-refractivity contribution >= 4 is 27.1 Å². The second-order valence-corrected chi connectivity index (χ2v) is 7.73. The summed E-state index contributed by atoms with van der Waals surface area (Å²) in [5.41, 5.74) is 1.40. The van der Waals surface area contributed by atoms with E-state index >= 15 is 0 Å². The number of aryl methyl sites for hydroxylation is 1. The van der Waals surface area contributed by atoms with E-state index in [4.69, 9.17) is 4.74 Å². The third-order valence-corrected chi connectivity index (χ3v) is 5.96. The molecule has 0 radical (unpaired) electrons. The summed E-state index contributed by atoms with van der Waals surface area (Å²) in [7, 11) is 1.91. The number of anilines is 1. The molecule has 0 saturated carbocycles.